The summed E-state index contributed by atoms with van der Waals surface area (Å²) in [6.45, 7) is 4.50. The van der Waals surface area contributed by atoms with Gasteiger partial charge in [0.05, 0.1) is 15.9 Å². The minimum Gasteiger partial charge on any atom is -0.323 e. The zero-order valence-electron chi connectivity index (χ0n) is 11.3. The molecular formula is C14H16BrF2N3. The fraction of sp³-hybridized carbons (Fsp3) is 0.357. The van der Waals surface area contributed by atoms with Crippen molar-refractivity contribution in [3.05, 3.63) is 51.3 Å². The molecule has 1 atom stereocenters. The van der Waals surface area contributed by atoms with E-state index < -0.39 is 17.7 Å². The highest BCUT2D eigenvalue weighted by atomic mass is 79.9. The molecule has 3 nitrogen and oxygen atoms in total. The molecule has 1 heterocycles. The lowest BCUT2D eigenvalue weighted by Crippen LogP contribution is -2.19. The van der Waals surface area contributed by atoms with Crippen LogP contribution < -0.4 is 5.73 Å². The van der Waals surface area contributed by atoms with Crippen LogP contribution in [-0.4, -0.2) is 9.78 Å². The number of halogens is 3. The van der Waals surface area contributed by atoms with Crippen LogP contribution in [0.2, 0.25) is 0 Å². The third-order valence-electron chi connectivity index (χ3n) is 3.24. The van der Waals surface area contributed by atoms with Crippen molar-refractivity contribution in [3.8, 4) is 0 Å². The minimum atomic E-state index is -0.756. The lowest BCUT2D eigenvalue weighted by molar-refractivity contribution is 0.512. The minimum absolute atomic E-state index is 0.0825. The number of rotatable bonds is 4. The van der Waals surface area contributed by atoms with Gasteiger partial charge in [-0.3, -0.25) is 4.68 Å². The number of nitrogens with zero attached hydrogens (tertiary/aromatic N) is 2. The summed E-state index contributed by atoms with van der Waals surface area (Å²) in [5.41, 5.74) is 7.59. The van der Waals surface area contributed by atoms with Crippen molar-refractivity contribution in [1.29, 1.82) is 0 Å². The van der Waals surface area contributed by atoms with Crippen LogP contribution in [0.5, 0.6) is 0 Å². The highest BCUT2D eigenvalue weighted by molar-refractivity contribution is 9.10. The second-order valence-corrected chi connectivity index (χ2v) is 5.40. The fourth-order valence-electron chi connectivity index (χ4n) is 2.24. The molecule has 1 aromatic carbocycles. The van der Waals surface area contributed by atoms with Gasteiger partial charge in [0, 0.05) is 24.6 Å². The zero-order chi connectivity index (χ0) is 14.9. The van der Waals surface area contributed by atoms with Crippen molar-refractivity contribution in [1.82, 2.24) is 9.78 Å². The first kappa shape index (κ1) is 15.1. The summed E-state index contributed by atoms with van der Waals surface area (Å²) in [5, 5.41) is 4.35. The number of hydrogen-bond donors (Lipinski definition) is 1. The molecule has 0 aliphatic heterocycles. The van der Waals surface area contributed by atoms with Crippen molar-refractivity contribution in [2.45, 2.75) is 32.9 Å². The molecule has 0 aliphatic carbocycles. The molecule has 2 rings (SSSR count). The number of aromatic nitrogens is 2. The predicted octanol–water partition coefficient (Wildman–Crippen LogP) is 3.49. The van der Waals surface area contributed by atoms with Crippen molar-refractivity contribution < 1.29 is 8.78 Å². The molecule has 2 aromatic rings. The van der Waals surface area contributed by atoms with E-state index in [1.807, 2.05) is 13.8 Å². The summed E-state index contributed by atoms with van der Waals surface area (Å²) in [4.78, 5) is 0. The smallest absolute Gasteiger partial charge is 0.130 e. The van der Waals surface area contributed by atoms with Gasteiger partial charge in [-0.1, -0.05) is 6.07 Å². The lowest BCUT2D eigenvalue weighted by Gasteiger charge is -2.15. The van der Waals surface area contributed by atoms with Gasteiger partial charge in [0.15, 0.2) is 0 Å². The number of nitrogens with two attached hydrogens (primary N) is 1. The van der Waals surface area contributed by atoms with Gasteiger partial charge in [0.1, 0.15) is 11.6 Å². The molecule has 0 saturated carbocycles. The van der Waals surface area contributed by atoms with Crippen LogP contribution in [0.25, 0.3) is 0 Å². The second kappa shape index (κ2) is 6.01. The number of hydrogen-bond acceptors (Lipinski definition) is 2. The van der Waals surface area contributed by atoms with Gasteiger partial charge in [-0.15, -0.1) is 0 Å². The summed E-state index contributed by atoms with van der Waals surface area (Å²) >= 11 is 3.45. The third kappa shape index (κ3) is 2.76. The molecule has 108 valence electrons. The van der Waals surface area contributed by atoms with E-state index in [4.69, 9.17) is 5.73 Å². The van der Waals surface area contributed by atoms with Gasteiger partial charge in [-0.25, -0.2) is 8.78 Å². The molecule has 0 amide bonds. The molecule has 0 radical (unpaired) electrons. The first-order valence-electron chi connectivity index (χ1n) is 6.37. The Kier molecular flexibility index (Phi) is 4.55. The maximum Gasteiger partial charge on any atom is 0.130 e. The number of aryl methyl sites for hydroxylation is 2. The first-order valence-corrected chi connectivity index (χ1v) is 7.16. The SMILES string of the molecule is CCn1nc(C)c(Br)c1CC(N)c1c(F)cccc1F. The summed E-state index contributed by atoms with van der Waals surface area (Å²) in [5.74, 6) is -1.24. The number of benzene rings is 1. The highest BCUT2D eigenvalue weighted by Gasteiger charge is 2.21. The van der Waals surface area contributed by atoms with E-state index >= 15 is 0 Å². The summed E-state index contributed by atoms with van der Waals surface area (Å²) in [6, 6.07) is 3.01. The van der Waals surface area contributed by atoms with Crippen LogP contribution in [0, 0.1) is 18.6 Å². The molecule has 0 spiro atoms. The first-order chi connectivity index (χ1) is 9.45. The molecule has 0 fully saturated rings. The highest BCUT2D eigenvalue weighted by Crippen LogP contribution is 2.27. The Bertz CT molecular complexity index is 605. The van der Waals surface area contributed by atoms with E-state index in [2.05, 4.69) is 21.0 Å². The average Bonchev–Trinajstić information content (AvgIpc) is 2.66. The summed E-state index contributed by atoms with van der Waals surface area (Å²) < 4.78 is 30.1. The van der Waals surface area contributed by atoms with E-state index in [9.17, 15) is 8.78 Å². The molecule has 1 unspecified atom stereocenters. The van der Waals surface area contributed by atoms with Gasteiger partial charge in [0.25, 0.3) is 0 Å². The Morgan fingerprint density at radius 3 is 2.50 bits per heavy atom. The van der Waals surface area contributed by atoms with Crippen molar-refractivity contribution in [2.75, 3.05) is 0 Å². The van der Waals surface area contributed by atoms with Gasteiger partial charge >= 0.3 is 0 Å². The predicted molar refractivity (Wildman–Crippen MR) is 77.3 cm³/mol. The van der Waals surface area contributed by atoms with E-state index in [1.165, 1.54) is 18.2 Å². The maximum absolute atomic E-state index is 13.7. The molecule has 2 N–H and O–H groups in total. The van der Waals surface area contributed by atoms with Gasteiger partial charge in [-0.2, -0.15) is 5.10 Å². The molecule has 0 bridgehead atoms. The topological polar surface area (TPSA) is 43.8 Å². The van der Waals surface area contributed by atoms with Gasteiger partial charge < -0.3 is 5.73 Å². The quantitative estimate of drug-likeness (QED) is 0.923. The monoisotopic (exact) mass is 343 g/mol. The molecule has 0 aliphatic rings. The third-order valence-corrected chi connectivity index (χ3v) is 4.27. The lowest BCUT2D eigenvalue weighted by atomic mass is 10.0. The van der Waals surface area contributed by atoms with Gasteiger partial charge in [0.2, 0.25) is 0 Å². The van der Waals surface area contributed by atoms with Crippen molar-refractivity contribution >= 4 is 15.9 Å². The summed E-state index contributed by atoms with van der Waals surface area (Å²) in [7, 11) is 0. The molecular weight excluding hydrogens is 328 g/mol. The normalized spacial score (nSPS) is 12.7. The van der Waals surface area contributed by atoms with Crippen molar-refractivity contribution in [3.63, 3.8) is 0 Å². The Balaban J connectivity index is 2.35. The molecule has 20 heavy (non-hydrogen) atoms. The van der Waals surface area contributed by atoms with Crippen LogP contribution in [0.15, 0.2) is 22.7 Å². The van der Waals surface area contributed by atoms with E-state index in [1.54, 1.807) is 4.68 Å². The molecule has 6 heteroatoms. The molecule has 1 aromatic heterocycles. The van der Waals surface area contributed by atoms with E-state index in [0.717, 1.165) is 15.9 Å². The standard InChI is InChI=1S/C14H16BrF2N3/c1-3-20-12(14(15)8(2)19-20)7-11(18)13-9(16)5-4-6-10(13)17/h4-6,11H,3,7,18H2,1-2H3. The zero-order valence-corrected chi connectivity index (χ0v) is 12.9. The maximum atomic E-state index is 13.7. The van der Waals surface area contributed by atoms with Crippen LogP contribution >= 0.6 is 15.9 Å². The van der Waals surface area contributed by atoms with E-state index in [0.29, 0.717) is 13.0 Å². The van der Waals surface area contributed by atoms with Crippen LogP contribution in [0.1, 0.15) is 29.9 Å². The van der Waals surface area contributed by atoms with Crippen LogP contribution in [0.4, 0.5) is 8.78 Å². The summed E-state index contributed by atoms with van der Waals surface area (Å²) in [6.07, 6.45) is 0.313. The largest absolute Gasteiger partial charge is 0.323 e. The Hall–Kier alpha value is -1.27. The second-order valence-electron chi connectivity index (χ2n) is 4.61. The van der Waals surface area contributed by atoms with Crippen LogP contribution in [0.3, 0.4) is 0 Å². The Morgan fingerprint density at radius 1 is 1.35 bits per heavy atom. The molecule has 0 saturated heterocycles. The van der Waals surface area contributed by atoms with Crippen LogP contribution in [-0.2, 0) is 13.0 Å². The Labute approximate surface area is 124 Å². The van der Waals surface area contributed by atoms with Gasteiger partial charge in [-0.05, 0) is 41.9 Å². The van der Waals surface area contributed by atoms with Crippen molar-refractivity contribution in [2.24, 2.45) is 5.73 Å². The fourth-order valence-corrected chi connectivity index (χ4v) is 2.69. The average molecular weight is 344 g/mol. The van der Waals surface area contributed by atoms with E-state index in [-0.39, 0.29) is 5.56 Å². The Morgan fingerprint density at radius 2 is 1.95 bits per heavy atom.